The SMILES string of the molecule is O=[N+]([O-])c1cccc(C2Nc3ccccc3-n3cccc32)c1. The van der Waals surface area contributed by atoms with Gasteiger partial charge in [-0.2, -0.15) is 0 Å². The average Bonchev–Trinajstić information content (AvgIpc) is 3.04. The highest BCUT2D eigenvalue weighted by atomic mass is 16.6. The van der Waals surface area contributed by atoms with Crippen LogP contribution in [-0.4, -0.2) is 9.49 Å². The van der Waals surface area contributed by atoms with Crippen molar-refractivity contribution in [1.82, 2.24) is 4.57 Å². The molecule has 1 N–H and O–H groups in total. The summed E-state index contributed by atoms with van der Waals surface area (Å²) in [5.74, 6) is 0. The molecule has 3 aromatic rings. The van der Waals surface area contributed by atoms with Gasteiger partial charge in [0, 0.05) is 24.0 Å². The molecule has 0 radical (unpaired) electrons. The van der Waals surface area contributed by atoms with Crippen molar-refractivity contribution in [3.63, 3.8) is 0 Å². The number of non-ortho nitro benzene ring substituents is 1. The lowest BCUT2D eigenvalue weighted by atomic mass is 10.00. The summed E-state index contributed by atoms with van der Waals surface area (Å²) in [6.07, 6.45) is 2.01. The number of anilines is 1. The second-order valence-corrected chi connectivity index (χ2v) is 5.25. The summed E-state index contributed by atoms with van der Waals surface area (Å²) in [6.45, 7) is 0. The highest BCUT2D eigenvalue weighted by molar-refractivity contribution is 5.67. The Morgan fingerprint density at radius 2 is 1.91 bits per heavy atom. The zero-order chi connectivity index (χ0) is 15.1. The van der Waals surface area contributed by atoms with Crippen LogP contribution in [0.15, 0.2) is 66.9 Å². The Balaban J connectivity index is 1.85. The van der Waals surface area contributed by atoms with Crippen molar-refractivity contribution in [2.24, 2.45) is 0 Å². The van der Waals surface area contributed by atoms with E-state index in [1.807, 2.05) is 42.6 Å². The van der Waals surface area contributed by atoms with Gasteiger partial charge >= 0.3 is 0 Å². The zero-order valence-electron chi connectivity index (χ0n) is 11.6. The molecule has 1 aliphatic rings. The first-order valence-corrected chi connectivity index (χ1v) is 7.01. The molecule has 1 atom stereocenters. The molecule has 1 unspecified atom stereocenters. The molecule has 4 rings (SSSR count). The van der Waals surface area contributed by atoms with Crippen LogP contribution in [0, 0.1) is 10.1 Å². The van der Waals surface area contributed by atoms with Gasteiger partial charge in [0.2, 0.25) is 0 Å². The van der Waals surface area contributed by atoms with Gasteiger partial charge in [0.15, 0.2) is 0 Å². The number of benzene rings is 2. The Bertz CT molecular complexity index is 870. The van der Waals surface area contributed by atoms with Crippen molar-refractivity contribution in [1.29, 1.82) is 0 Å². The van der Waals surface area contributed by atoms with E-state index in [4.69, 9.17) is 0 Å². The van der Waals surface area contributed by atoms with Gasteiger partial charge in [-0.05, 0) is 29.8 Å². The van der Waals surface area contributed by atoms with Crippen molar-refractivity contribution in [3.05, 3.63) is 88.2 Å². The molecule has 0 saturated heterocycles. The standard InChI is InChI=1S/C17H13N3O2/c21-20(22)13-6-3-5-12(11-13)17-16-9-4-10-19(16)15-8-2-1-7-14(15)18-17/h1-11,17-18H. The molecule has 0 bridgehead atoms. The van der Waals surface area contributed by atoms with Crippen LogP contribution in [0.1, 0.15) is 17.3 Å². The summed E-state index contributed by atoms with van der Waals surface area (Å²) in [6, 6.07) is 18.7. The second kappa shape index (κ2) is 4.73. The smallest absolute Gasteiger partial charge is 0.269 e. The van der Waals surface area contributed by atoms with Crippen LogP contribution in [-0.2, 0) is 0 Å². The highest BCUT2D eigenvalue weighted by Gasteiger charge is 2.25. The third kappa shape index (κ3) is 1.87. The molecule has 0 amide bonds. The predicted octanol–water partition coefficient (Wildman–Crippen LogP) is 3.90. The van der Waals surface area contributed by atoms with Crippen LogP contribution in [0.4, 0.5) is 11.4 Å². The fourth-order valence-corrected chi connectivity index (χ4v) is 2.96. The van der Waals surface area contributed by atoms with Crippen LogP contribution in [0.5, 0.6) is 0 Å². The summed E-state index contributed by atoms with van der Waals surface area (Å²) >= 11 is 0. The summed E-state index contributed by atoms with van der Waals surface area (Å²) in [5.41, 5.74) is 4.16. The highest BCUT2D eigenvalue weighted by Crippen LogP contribution is 2.37. The molecule has 2 aromatic carbocycles. The molecule has 22 heavy (non-hydrogen) atoms. The minimum absolute atomic E-state index is 0.107. The Morgan fingerprint density at radius 3 is 2.77 bits per heavy atom. The Hall–Kier alpha value is -3.08. The van der Waals surface area contributed by atoms with Gasteiger partial charge in [0.25, 0.3) is 5.69 Å². The minimum atomic E-state index is -0.362. The van der Waals surface area contributed by atoms with Gasteiger partial charge < -0.3 is 9.88 Å². The minimum Gasteiger partial charge on any atom is -0.371 e. The monoisotopic (exact) mass is 291 g/mol. The lowest BCUT2D eigenvalue weighted by Crippen LogP contribution is -2.21. The van der Waals surface area contributed by atoms with Crippen LogP contribution in [0.2, 0.25) is 0 Å². The molecule has 0 aliphatic carbocycles. The quantitative estimate of drug-likeness (QED) is 0.575. The largest absolute Gasteiger partial charge is 0.371 e. The van der Waals surface area contributed by atoms with Crippen LogP contribution >= 0.6 is 0 Å². The van der Waals surface area contributed by atoms with E-state index < -0.39 is 0 Å². The third-order valence-electron chi connectivity index (χ3n) is 3.95. The van der Waals surface area contributed by atoms with Crippen molar-refractivity contribution >= 4 is 11.4 Å². The summed E-state index contributed by atoms with van der Waals surface area (Å²) in [7, 11) is 0. The number of hydrogen-bond acceptors (Lipinski definition) is 3. The molecular formula is C17H13N3O2. The molecule has 0 saturated carbocycles. The van der Waals surface area contributed by atoms with E-state index >= 15 is 0 Å². The first kappa shape index (κ1) is 12.6. The Kier molecular flexibility index (Phi) is 2.72. The number of nitro benzene ring substituents is 1. The van der Waals surface area contributed by atoms with E-state index in [2.05, 4.69) is 16.0 Å². The van der Waals surface area contributed by atoms with Gasteiger partial charge in [-0.25, -0.2) is 0 Å². The van der Waals surface area contributed by atoms with Crippen molar-refractivity contribution in [2.75, 3.05) is 5.32 Å². The maximum atomic E-state index is 11.0. The third-order valence-corrected chi connectivity index (χ3v) is 3.95. The molecule has 108 valence electrons. The number of nitrogens with one attached hydrogen (secondary N) is 1. The molecule has 2 heterocycles. The lowest BCUT2D eigenvalue weighted by molar-refractivity contribution is -0.384. The average molecular weight is 291 g/mol. The van der Waals surface area contributed by atoms with Gasteiger partial charge in [-0.3, -0.25) is 10.1 Å². The molecule has 1 aromatic heterocycles. The van der Waals surface area contributed by atoms with Gasteiger partial charge in [0.1, 0.15) is 0 Å². The number of nitrogens with zero attached hydrogens (tertiary/aromatic N) is 2. The Morgan fingerprint density at radius 1 is 1.05 bits per heavy atom. The van der Waals surface area contributed by atoms with E-state index in [0.717, 1.165) is 22.6 Å². The van der Waals surface area contributed by atoms with Crippen LogP contribution in [0.3, 0.4) is 0 Å². The predicted molar refractivity (Wildman–Crippen MR) is 84.3 cm³/mol. The van der Waals surface area contributed by atoms with Gasteiger partial charge in [0.05, 0.1) is 22.3 Å². The Labute approximate surface area is 127 Å². The molecular weight excluding hydrogens is 278 g/mol. The first-order chi connectivity index (χ1) is 10.7. The number of aromatic nitrogens is 1. The summed E-state index contributed by atoms with van der Waals surface area (Å²) < 4.78 is 2.12. The zero-order valence-corrected chi connectivity index (χ0v) is 11.6. The number of fused-ring (bicyclic) bond motifs is 3. The first-order valence-electron chi connectivity index (χ1n) is 7.01. The van der Waals surface area contributed by atoms with Crippen molar-refractivity contribution in [2.45, 2.75) is 6.04 Å². The van der Waals surface area contributed by atoms with Crippen LogP contribution < -0.4 is 5.32 Å². The fourth-order valence-electron chi connectivity index (χ4n) is 2.96. The van der Waals surface area contributed by atoms with E-state index in [-0.39, 0.29) is 16.7 Å². The van der Waals surface area contributed by atoms with Gasteiger partial charge in [-0.1, -0.05) is 24.3 Å². The van der Waals surface area contributed by atoms with Crippen molar-refractivity contribution in [3.8, 4) is 5.69 Å². The van der Waals surface area contributed by atoms with E-state index in [9.17, 15) is 10.1 Å². The van der Waals surface area contributed by atoms with Crippen molar-refractivity contribution < 1.29 is 4.92 Å². The normalized spacial score (nSPS) is 15.5. The number of nitro groups is 1. The molecule has 0 spiro atoms. The van der Waals surface area contributed by atoms with E-state index in [1.54, 1.807) is 12.1 Å². The lowest BCUT2D eigenvalue weighted by Gasteiger charge is -2.29. The molecule has 5 nitrogen and oxygen atoms in total. The topological polar surface area (TPSA) is 60.1 Å². The fraction of sp³-hybridized carbons (Fsp3) is 0.0588. The second-order valence-electron chi connectivity index (χ2n) is 5.25. The molecule has 0 fully saturated rings. The summed E-state index contributed by atoms with van der Waals surface area (Å²) in [5, 5.41) is 14.5. The summed E-state index contributed by atoms with van der Waals surface area (Å²) in [4.78, 5) is 10.6. The molecule has 1 aliphatic heterocycles. The van der Waals surface area contributed by atoms with Gasteiger partial charge in [-0.15, -0.1) is 0 Å². The number of hydrogen-bond donors (Lipinski definition) is 1. The maximum absolute atomic E-state index is 11.0. The number of rotatable bonds is 2. The number of para-hydroxylation sites is 2. The van der Waals surface area contributed by atoms with E-state index in [0.29, 0.717) is 0 Å². The van der Waals surface area contributed by atoms with E-state index in [1.165, 1.54) is 6.07 Å². The molecule has 5 heteroatoms. The van der Waals surface area contributed by atoms with Crippen LogP contribution in [0.25, 0.3) is 5.69 Å². The maximum Gasteiger partial charge on any atom is 0.269 e.